The molecule has 0 aliphatic carbocycles. The van der Waals surface area contributed by atoms with E-state index >= 15 is 0 Å². The first-order valence-corrected chi connectivity index (χ1v) is 11.9. The van der Waals surface area contributed by atoms with Crippen LogP contribution in [0, 0.1) is 0 Å². The SMILES string of the molecule is O=C(C(CCN1CCc2c([nH]c3ccccc23)C1)c1ccccc1)N1CCCCCC1. The molecule has 0 saturated carbocycles. The van der Waals surface area contributed by atoms with Crippen molar-refractivity contribution in [1.29, 1.82) is 0 Å². The normalized spacial score (nSPS) is 18.5. The number of H-pyrrole nitrogens is 1. The van der Waals surface area contributed by atoms with Crippen LogP contribution < -0.4 is 0 Å². The number of likely N-dealkylation sites (tertiary alicyclic amines) is 1. The van der Waals surface area contributed by atoms with Crippen LogP contribution in [0.1, 0.15) is 54.8 Å². The summed E-state index contributed by atoms with van der Waals surface area (Å²) in [5, 5.41) is 1.37. The lowest BCUT2D eigenvalue weighted by Gasteiger charge is -2.30. The Kier molecular flexibility index (Phi) is 6.08. The Labute approximate surface area is 185 Å². The number of nitrogens with one attached hydrogen (secondary N) is 1. The first-order chi connectivity index (χ1) is 15.3. The minimum absolute atomic E-state index is 0.0385. The van der Waals surface area contributed by atoms with Crippen LogP contribution in [-0.2, 0) is 17.8 Å². The number of rotatable bonds is 5. The number of aromatic nitrogens is 1. The fourth-order valence-electron chi connectivity index (χ4n) is 5.38. The fraction of sp³-hybridized carbons (Fsp3) is 0.444. The maximum atomic E-state index is 13.5. The predicted octanol–water partition coefficient (Wildman–Crippen LogP) is 5.10. The van der Waals surface area contributed by atoms with Crippen molar-refractivity contribution < 1.29 is 4.79 Å². The summed E-state index contributed by atoms with van der Waals surface area (Å²) in [5.74, 6) is 0.292. The van der Waals surface area contributed by atoms with Crippen molar-refractivity contribution in [2.24, 2.45) is 0 Å². The van der Waals surface area contributed by atoms with E-state index in [-0.39, 0.29) is 5.92 Å². The number of carbonyl (C=O) groups excluding carboxylic acids is 1. The molecule has 0 radical (unpaired) electrons. The largest absolute Gasteiger partial charge is 0.357 e. The summed E-state index contributed by atoms with van der Waals surface area (Å²) in [5.41, 5.74) is 5.24. The van der Waals surface area contributed by atoms with Crippen molar-refractivity contribution in [2.75, 3.05) is 26.2 Å². The molecule has 1 fully saturated rings. The number of para-hydroxylation sites is 1. The molecular weight excluding hydrogens is 382 g/mol. The Bertz CT molecular complexity index is 1020. The van der Waals surface area contributed by atoms with Gasteiger partial charge in [0.25, 0.3) is 0 Å². The highest BCUT2D eigenvalue weighted by atomic mass is 16.2. The van der Waals surface area contributed by atoms with Gasteiger partial charge < -0.3 is 9.88 Å². The van der Waals surface area contributed by atoms with E-state index in [9.17, 15) is 4.79 Å². The van der Waals surface area contributed by atoms with E-state index in [4.69, 9.17) is 0 Å². The van der Waals surface area contributed by atoms with Crippen LogP contribution in [0.15, 0.2) is 54.6 Å². The molecule has 31 heavy (non-hydrogen) atoms. The second-order valence-corrected chi connectivity index (χ2v) is 9.15. The molecule has 2 aliphatic heterocycles. The van der Waals surface area contributed by atoms with E-state index in [2.05, 4.69) is 63.3 Å². The van der Waals surface area contributed by atoms with Gasteiger partial charge in [0.05, 0.1) is 5.92 Å². The molecule has 4 heteroatoms. The molecule has 1 atom stereocenters. The third-order valence-corrected chi connectivity index (χ3v) is 7.11. The average Bonchev–Trinajstić information content (AvgIpc) is 2.97. The highest BCUT2D eigenvalue weighted by Crippen LogP contribution is 2.29. The zero-order chi connectivity index (χ0) is 21.0. The van der Waals surface area contributed by atoms with Crippen LogP contribution >= 0.6 is 0 Å². The Morgan fingerprint density at radius 2 is 1.65 bits per heavy atom. The van der Waals surface area contributed by atoms with Crippen LogP contribution in [-0.4, -0.2) is 46.9 Å². The van der Waals surface area contributed by atoms with Crippen molar-refractivity contribution in [3.05, 3.63) is 71.4 Å². The van der Waals surface area contributed by atoms with Crippen LogP contribution in [0.2, 0.25) is 0 Å². The number of benzene rings is 2. The Balaban J connectivity index is 1.30. The van der Waals surface area contributed by atoms with E-state index in [1.807, 2.05) is 6.07 Å². The van der Waals surface area contributed by atoms with E-state index < -0.39 is 0 Å². The molecular formula is C27H33N3O. The molecule has 4 nitrogen and oxygen atoms in total. The number of aromatic amines is 1. The maximum absolute atomic E-state index is 13.5. The van der Waals surface area contributed by atoms with Gasteiger partial charge in [0.2, 0.25) is 5.91 Å². The fourth-order valence-corrected chi connectivity index (χ4v) is 5.38. The van der Waals surface area contributed by atoms with E-state index in [1.54, 1.807) is 0 Å². The molecule has 2 aromatic carbocycles. The second kappa shape index (κ2) is 9.27. The highest BCUT2D eigenvalue weighted by molar-refractivity contribution is 5.85. The standard InChI is InChI=1S/C27H33N3O/c31-27(30-16-8-1-2-9-17-30)22(21-10-4-3-5-11-21)14-18-29-19-15-24-23-12-6-7-13-25(23)28-26(24)20-29/h3-7,10-13,22,28H,1-2,8-9,14-20H2. The number of hydrogen-bond donors (Lipinski definition) is 1. The third-order valence-electron chi connectivity index (χ3n) is 7.11. The van der Waals surface area contributed by atoms with Crippen molar-refractivity contribution in [3.8, 4) is 0 Å². The number of carbonyl (C=O) groups is 1. The van der Waals surface area contributed by atoms with E-state index in [0.29, 0.717) is 5.91 Å². The van der Waals surface area contributed by atoms with Gasteiger partial charge in [-0.1, -0.05) is 61.4 Å². The zero-order valence-electron chi connectivity index (χ0n) is 18.4. The molecule has 162 valence electrons. The Morgan fingerprint density at radius 3 is 2.45 bits per heavy atom. The monoisotopic (exact) mass is 415 g/mol. The summed E-state index contributed by atoms with van der Waals surface area (Å²) in [7, 11) is 0. The molecule has 5 rings (SSSR count). The van der Waals surface area contributed by atoms with Crippen LogP contribution in [0.25, 0.3) is 10.9 Å². The van der Waals surface area contributed by atoms with Crippen LogP contribution in [0.3, 0.4) is 0 Å². The number of fused-ring (bicyclic) bond motifs is 3. The summed E-state index contributed by atoms with van der Waals surface area (Å²) in [6, 6.07) is 19.1. The minimum Gasteiger partial charge on any atom is -0.357 e. The molecule has 0 spiro atoms. The van der Waals surface area contributed by atoms with Crippen molar-refractivity contribution in [3.63, 3.8) is 0 Å². The predicted molar refractivity (Wildman–Crippen MR) is 126 cm³/mol. The molecule has 2 aliphatic rings. The lowest BCUT2D eigenvalue weighted by Crippen LogP contribution is -2.38. The summed E-state index contributed by atoms with van der Waals surface area (Å²) >= 11 is 0. The number of amides is 1. The molecule has 1 saturated heterocycles. The molecule has 3 heterocycles. The first kappa shape index (κ1) is 20.3. The lowest BCUT2D eigenvalue weighted by atomic mass is 9.93. The van der Waals surface area contributed by atoms with Gasteiger partial charge in [-0.3, -0.25) is 9.69 Å². The molecule has 0 bridgehead atoms. The van der Waals surface area contributed by atoms with Gasteiger partial charge >= 0.3 is 0 Å². The van der Waals surface area contributed by atoms with Gasteiger partial charge in [0.15, 0.2) is 0 Å². The minimum atomic E-state index is -0.0385. The molecule has 1 amide bonds. The Hall–Kier alpha value is -2.59. The van der Waals surface area contributed by atoms with Crippen molar-refractivity contribution in [1.82, 2.24) is 14.8 Å². The maximum Gasteiger partial charge on any atom is 0.230 e. The topological polar surface area (TPSA) is 39.3 Å². The summed E-state index contributed by atoms with van der Waals surface area (Å²) in [6.45, 7) is 4.81. The highest BCUT2D eigenvalue weighted by Gasteiger charge is 2.28. The second-order valence-electron chi connectivity index (χ2n) is 9.15. The molecule has 3 aromatic rings. The number of nitrogens with zero attached hydrogens (tertiary/aromatic N) is 2. The number of hydrogen-bond acceptors (Lipinski definition) is 2. The van der Waals surface area contributed by atoms with E-state index in [0.717, 1.165) is 58.4 Å². The summed E-state index contributed by atoms with van der Waals surface area (Å²) in [6.07, 6.45) is 6.75. The lowest BCUT2D eigenvalue weighted by molar-refractivity contribution is -0.133. The van der Waals surface area contributed by atoms with Crippen LogP contribution in [0.4, 0.5) is 0 Å². The van der Waals surface area contributed by atoms with Gasteiger partial charge in [0, 0.05) is 42.8 Å². The van der Waals surface area contributed by atoms with Crippen molar-refractivity contribution >= 4 is 16.8 Å². The molecule has 1 N–H and O–H groups in total. The van der Waals surface area contributed by atoms with Gasteiger partial charge in [-0.05, 0) is 49.4 Å². The van der Waals surface area contributed by atoms with Gasteiger partial charge in [-0.25, -0.2) is 0 Å². The molecule has 1 aromatic heterocycles. The van der Waals surface area contributed by atoms with E-state index in [1.165, 1.54) is 40.6 Å². The zero-order valence-corrected chi connectivity index (χ0v) is 18.4. The van der Waals surface area contributed by atoms with Gasteiger partial charge in [-0.2, -0.15) is 0 Å². The summed E-state index contributed by atoms with van der Waals surface area (Å²) < 4.78 is 0. The molecule has 1 unspecified atom stereocenters. The Morgan fingerprint density at radius 1 is 0.903 bits per heavy atom. The van der Waals surface area contributed by atoms with Gasteiger partial charge in [0.1, 0.15) is 0 Å². The average molecular weight is 416 g/mol. The van der Waals surface area contributed by atoms with Gasteiger partial charge in [-0.15, -0.1) is 0 Å². The van der Waals surface area contributed by atoms with Crippen LogP contribution in [0.5, 0.6) is 0 Å². The van der Waals surface area contributed by atoms with Crippen molar-refractivity contribution in [2.45, 2.75) is 51.0 Å². The third kappa shape index (κ3) is 4.40. The quantitative estimate of drug-likeness (QED) is 0.629. The summed E-state index contributed by atoms with van der Waals surface area (Å²) in [4.78, 5) is 21.8. The first-order valence-electron chi connectivity index (χ1n) is 11.9. The smallest absolute Gasteiger partial charge is 0.230 e.